The lowest BCUT2D eigenvalue weighted by Crippen LogP contribution is -2.58. The summed E-state index contributed by atoms with van der Waals surface area (Å²) in [4.78, 5) is 63.4. The van der Waals surface area contributed by atoms with Crippen LogP contribution in [-0.2, 0) is 11.9 Å². The van der Waals surface area contributed by atoms with Crippen molar-refractivity contribution in [3.63, 3.8) is 0 Å². The van der Waals surface area contributed by atoms with Crippen LogP contribution in [0.4, 0.5) is 20.8 Å². The van der Waals surface area contributed by atoms with E-state index in [1.54, 1.807) is 18.2 Å². The van der Waals surface area contributed by atoms with Crippen LogP contribution in [0.1, 0.15) is 82.1 Å². The van der Waals surface area contributed by atoms with E-state index in [0.29, 0.717) is 95.2 Å². The zero-order valence-electron chi connectivity index (χ0n) is 40.4. The second kappa shape index (κ2) is 27.7. The maximum atomic E-state index is 11.6. The van der Waals surface area contributed by atoms with Gasteiger partial charge >= 0.3 is 11.4 Å². The number of anilines is 2. The molecule has 4 aliphatic rings. The van der Waals surface area contributed by atoms with Crippen molar-refractivity contribution >= 4 is 96.6 Å². The van der Waals surface area contributed by atoms with E-state index in [0.717, 1.165) is 109 Å². The van der Waals surface area contributed by atoms with Gasteiger partial charge in [-0.15, -0.1) is 0 Å². The largest absolute Gasteiger partial charge is 0.351 e. The number of hydrogen-bond donors (Lipinski definition) is 5. The molecule has 2 aromatic carbocycles. The van der Waals surface area contributed by atoms with Crippen molar-refractivity contribution in [2.45, 2.75) is 95.8 Å². The third-order valence-electron chi connectivity index (χ3n) is 13.9. The number of aromatic nitrogens is 8. The third-order valence-corrected chi connectivity index (χ3v) is 15.5. The monoisotopic (exact) mass is 1160 g/mol. The summed E-state index contributed by atoms with van der Waals surface area (Å²) < 4.78 is 16.0. The van der Waals surface area contributed by atoms with E-state index in [4.69, 9.17) is 60.8 Å². The first kappa shape index (κ1) is 58.3. The number of H-pyrrole nitrogens is 4. The molecule has 4 fully saturated rings. The van der Waals surface area contributed by atoms with Gasteiger partial charge in [0, 0.05) is 94.5 Å². The molecule has 74 heavy (non-hydrogen) atoms. The maximum absolute atomic E-state index is 11.6. The first-order valence-corrected chi connectivity index (χ1v) is 26.8. The molecule has 10 rings (SSSR count). The Balaban J connectivity index is 0.000000199. The molecule has 0 spiro atoms. The zero-order chi connectivity index (χ0) is 52.2. The number of nitrogens with one attached hydrogen (secondary N) is 5. The van der Waals surface area contributed by atoms with Crippen molar-refractivity contribution in [2.75, 3.05) is 75.2 Å². The lowest BCUT2D eigenvalue weighted by atomic mass is 9.97. The second-order valence-corrected chi connectivity index (χ2v) is 20.3. The molecule has 2 atom stereocenters. The molecule has 6 aromatic rings. The number of halogens is 7. The number of nitriles is 2. The summed E-state index contributed by atoms with van der Waals surface area (Å²) in [5, 5.41) is 24.1. The van der Waals surface area contributed by atoms with E-state index in [1.165, 1.54) is 12.8 Å². The average molecular weight is 1170 g/mol. The van der Waals surface area contributed by atoms with Crippen molar-refractivity contribution in [1.82, 2.24) is 59.9 Å². The number of piperazine rings is 2. The minimum Gasteiger partial charge on any atom is -0.351 e. The van der Waals surface area contributed by atoms with Crippen LogP contribution in [0.2, 0.25) is 20.4 Å². The summed E-state index contributed by atoms with van der Waals surface area (Å²) in [7, 11) is 0. The highest BCUT2D eigenvalue weighted by atomic mass is 79.9. The van der Waals surface area contributed by atoms with Gasteiger partial charge in [0.05, 0.1) is 23.3 Å². The predicted octanol–water partition coefficient (Wildman–Crippen LogP) is 8.93. The van der Waals surface area contributed by atoms with E-state index in [-0.39, 0.29) is 18.8 Å². The molecule has 4 aromatic heterocycles. The maximum Gasteiger partial charge on any atom is 0.326 e. The lowest BCUT2D eigenvalue weighted by Gasteiger charge is -2.47. The van der Waals surface area contributed by atoms with Crippen molar-refractivity contribution in [3.8, 4) is 12.1 Å². The van der Waals surface area contributed by atoms with Crippen LogP contribution in [0.3, 0.4) is 0 Å². The number of hydrogen-bond acceptors (Lipinski definition) is 14. The SMILES string of the molecule is C.CC[C@H]1CN(c2nc3[nH]c(=O)[nH]c3nc2Cl)CCN1C1CCN(Cc2ccc(Cl)cc2C#N)CC1.CC[C@H]1CN(c2nc3[nH]c(=O)[nH]c3nc2Cl)CCN1C1CCNCC1.FF.N#Cc1cc(Cl)ccc1CBr. The van der Waals surface area contributed by atoms with Gasteiger partial charge in [0.1, 0.15) is 0 Å². The molecule has 8 heterocycles. The van der Waals surface area contributed by atoms with E-state index in [9.17, 15) is 14.9 Å². The number of piperidine rings is 2. The summed E-state index contributed by atoms with van der Waals surface area (Å²) in [6.07, 6.45) is 6.75. The van der Waals surface area contributed by atoms with Gasteiger partial charge in [-0.25, -0.2) is 29.5 Å². The number of aromatic amines is 4. The fourth-order valence-corrected chi connectivity index (χ4v) is 11.5. The Morgan fingerprint density at radius 2 is 1.05 bits per heavy atom. The molecule has 0 radical (unpaired) electrons. The van der Waals surface area contributed by atoms with Crippen LogP contribution in [0.5, 0.6) is 0 Å². The second-order valence-electron chi connectivity index (χ2n) is 18.2. The molecule has 4 saturated heterocycles. The topological polar surface area (TPSA) is 225 Å². The van der Waals surface area contributed by atoms with Crippen LogP contribution >= 0.6 is 62.3 Å². The number of nitrogens with zero attached hydrogens (tertiary/aromatic N) is 11. The number of rotatable bonds is 9. The highest BCUT2D eigenvalue weighted by molar-refractivity contribution is 9.08. The smallest absolute Gasteiger partial charge is 0.326 e. The minimum absolute atomic E-state index is 0. The summed E-state index contributed by atoms with van der Waals surface area (Å²) in [5.41, 5.74) is 4.31. The van der Waals surface area contributed by atoms with Gasteiger partial charge < -0.3 is 15.1 Å². The van der Waals surface area contributed by atoms with Gasteiger partial charge in [0.2, 0.25) is 0 Å². The van der Waals surface area contributed by atoms with Crippen molar-refractivity contribution in [3.05, 3.63) is 100.0 Å². The van der Waals surface area contributed by atoms with Gasteiger partial charge in [-0.1, -0.05) is 95.7 Å². The van der Waals surface area contributed by atoms with Gasteiger partial charge in [-0.05, 0) is 100 Å². The van der Waals surface area contributed by atoms with Crippen LogP contribution in [0.25, 0.3) is 22.6 Å². The molecule has 0 amide bonds. The van der Waals surface area contributed by atoms with Crippen LogP contribution in [0, 0.1) is 22.7 Å². The quantitative estimate of drug-likeness (QED) is 0.0853. The molecule has 0 bridgehead atoms. The standard InChI is InChI=1S/C24H28Cl2N8O.C16H24ClN7O.C8H5BrClN.CH4.F2/c1-2-18-14-33(23-20(26)28-21-22(29-23)31-24(35)30-21)9-10-34(18)19-5-7-32(8-6-19)13-15-3-4-17(25)11-16(15)12-27;1-2-10-9-23(7-8-24(10)11-3-5-18-6-4-11)15-12(17)19-13-14(20-15)22-16(25)21-13;9-4-6-1-2-8(10)3-7(6)5-11;;1-2/h3-4,11,18-19H,2,5-10,13-14H2,1H3,(H2,28,29,30,31,35);10-11,18H,2-9H2,1H3,(H2,19,20,21,22,25);1-3H,4H2;1H4;/t18-;10-;;;/m00.../s1. The molecule has 398 valence electrons. The van der Waals surface area contributed by atoms with Gasteiger partial charge in [0.25, 0.3) is 0 Å². The highest BCUT2D eigenvalue weighted by Gasteiger charge is 2.35. The Kier molecular flexibility index (Phi) is 21.9. The number of imidazole rings is 2. The Morgan fingerprint density at radius 3 is 1.49 bits per heavy atom. The summed E-state index contributed by atoms with van der Waals surface area (Å²) in [6.45, 7) is 14.8. The Bertz CT molecular complexity index is 3000. The Hall–Kier alpha value is -4.94. The van der Waals surface area contributed by atoms with E-state index in [1.807, 2.05) is 18.2 Å². The van der Waals surface area contributed by atoms with Gasteiger partial charge in [-0.2, -0.15) is 10.5 Å². The van der Waals surface area contributed by atoms with Crippen LogP contribution in [-0.4, -0.2) is 144 Å². The van der Waals surface area contributed by atoms with Gasteiger partial charge in [-0.3, -0.25) is 34.6 Å². The zero-order valence-corrected chi connectivity index (χ0v) is 45.0. The molecule has 25 heteroatoms. The van der Waals surface area contributed by atoms with Crippen molar-refractivity contribution < 1.29 is 9.15 Å². The van der Waals surface area contributed by atoms with Crippen molar-refractivity contribution in [1.29, 1.82) is 10.5 Å². The summed E-state index contributed by atoms with van der Waals surface area (Å²) in [6, 6.07) is 17.3. The summed E-state index contributed by atoms with van der Waals surface area (Å²) in [5.74, 6) is 1.28. The molecule has 5 N–H and O–H groups in total. The highest BCUT2D eigenvalue weighted by Crippen LogP contribution is 2.31. The molecule has 18 nitrogen and oxygen atoms in total. The first-order chi connectivity index (χ1) is 35.4. The predicted molar refractivity (Wildman–Crippen MR) is 293 cm³/mol. The molecule has 4 aliphatic heterocycles. The number of fused-ring (bicyclic) bond motifs is 2. The number of likely N-dealkylation sites (tertiary alicyclic amines) is 1. The normalized spacial score (nSPS) is 19.0. The molecule has 0 aliphatic carbocycles. The fraction of sp³-hybridized carbons (Fsp3) is 0.510. The minimum atomic E-state index is -0.337. The van der Waals surface area contributed by atoms with Crippen LogP contribution < -0.4 is 26.5 Å². The average Bonchev–Trinajstić information content (AvgIpc) is 3.98. The molecule has 0 unspecified atom stereocenters. The Morgan fingerprint density at radius 1 is 0.635 bits per heavy atom. The third kappa shape index (κ3) is 14.3. The number of benzene rings is 2. The van der Waals surface area contributed by atoms with Crippen molar-refractivity contribution in [2.24, 2.45) is 0 Å². The lowest BCUT2D eigenvalue weighted by molar-refractivity contribution is 0.0610. The van der Waals surface area contributed by atoms with Crippen LogP contribution in [0.15, 0.2) is 46.0 Å². The van der Waals surface area contributed by atoms with E-state index in [2.05, 4.69) is 112 Å². The van der Waals surface area contributed by atoms with E-state index >= 15 is 0 Å². The number of alkyl halides is 1. The molecular formula is C49H61BrCl4F2N16O2. The molecule has 0 saturated carbocycles. The van der Waals surface area contributed by atoms with E-state index < -0.39 is 0 Å². The summed E-state index contributed by atoms with van der Waals surface area (Å²) >= 11 is 27.8. The molecular weight excluding hydrogens is 1100 g/mol. The van der Waals surface area contributed by atoms with Gasteiger partial charge in [0.15, 0.2) is 44.5 Å². The Labute approximate surface area is 456 Å². The first-order valence-electron chi connectivity index (χ1n) is 24.2. The fourth-order valence-electron chi connectivity index (χ4n) is 10.2.